The van der Waals surface area contributed by atoms with E-state index in [-0.39, 0.29) is 24.8 Å². The van der Waals surface area contributed by atoms with Crippen LogP contribution in [0.2, 0.25) is 0 Å². The summed E-state index contributed by atoms with van der Waals surface area (Å²) >= 11 is 0. The number of hydrogen-bond acceptors (Lipinski definition) is 6. The summed E-state index contributed by atoms with van der Waals surface area (Å²) < 4.78 is 4.93. The van der Waals surface area contributed by atoms with Crippen LogP contribution in [0.4, 0.5) is 5.82 Å². The summed E-state index contributed by atoms with van der Waals surface area (Å²) in [6, 6.07) is 0. The minimum absolute atomic E-state index is 0.103. The average Bonchev–Trinajstić information content (AvgIpc) is 2.42. The second-order valence-corrected chi connectivity index (χ2v) is 3.55. The van der Waals surface area contributed by atoms with Crippen LogP contribution in [-0.2, 0) is 4.74 Å². The van der Waals surface area contributed by atoms with Crippen LogP contribution >= 0.6 is 0 Å². The number of aliphatic hydroxyl groups is 1. The quantitative estimate of drug-likeness (QED) is 0.688. The Hall–Kier alpha value is -1.73. The Morgan fingerprint density at radius 1 is 1.50 bits per heavy atom. The van der Waals surface area contributed by atoms with Crippen molar-refractivity contribution in [2.45, 2.75) is 0 Å². The second-order valence-electron chi connectivity index (χ2n) is 3.55. The van der Waals surface area contributed by atoms with Gasteiger partial charge in [0, 0.05) is 27.2 Å². The number of amides is 1. The number of nitrogens with zero attached hydrogens (tertiary/aromatic N) is 3. The van der Waals surface area contributed by atoms with E-state index in [0.29, 0.717) is 19.0 Å². The van der Waals surface area contributed by atoms with Crippen molar-refractivity contribution in [3.05, 3.63) is 18.1 Å². The van der Waals surface area contributed by atoms with Gasteiger partial charge in [-0.3, -0.25) is 9.78 Å². The van der Waals surface area contributed by atoms with Crippen LogP contribution in [-0.4, -0.2) is 66.3 Å². The lowest BCUT2D eigenvalue weighted by Crippen LogP contribution is -2.36. The van der Waals surface area contributed by atoms with Crippen molar-refractivity contribution in [3.63, 3.8) is 0 Å². The third kappa shape index (κ3) is 3.94. The van der Waals surface area contributed by atoms with Crippen molar-refractivity contribution < 1.29 is 14.6 Å². The molecule has 0 aromatic carbocycles. The molecule has 0 saturated carbocycles. The molecule has 7 nitrogen and oxygen atoms in total. The van der Waals surface area contributed by atoms with Crippen LogP contribution in [0.25, 0.3) is 0 Å². The SMILES string of the molecule is CNc1cncc(C(=O)N(CCO)CCOC)n1. The minimum Gasteiger partial charge on any atom is -0.395 e. The number of aliphatic hydroxyl groups excluding tert-OH is 1. The van der Waals surface area contributed by atoms with Gasteiger partial charge < -0.3 is 20.1 Å². The summed E-state index contributed by atoms with van der Waals surface area (Å²) in [7, 11) is 3.26. The molecule has 0 aliphatic heterocycles. The molecule has 1 amide bonds. The summed E-state index contributed by atoms with van der Waals surface area (Å²) in [4.78, 5) is 21.7. The van der Waals surface area contributed by atoms with E-state index < -0.39 is 0 Å². The smallest absolute Gasteiger partial charge is 0.274 e. The maximum absolute atomic E-state index is 12.1. The summed E-state index contributed by atoms with van der Waals surface area (Å²) in [6.07, 6.45) is 2.93. The number of carbonyl (C=O) groups excluding carboxylic acids is 1. The molecule has 100 valence electrons. The number of hydrogen-bond donors (Lipinski definition) is 2. The lowest BCUT2D eigenvalue weighted by Gasteiger charge is -2.20. The first-order chi connectivity index (χ1) is 8.72. The van der Waals surface area contributed by atoms with Gasteiger partial charge in [0.05, 0.1) is 25.6 Å². The second kappa shape index (κ2) is 7.57. The van der Waals surface area contributed by atoms with Crippen LogP contribution in [0.3, 0.4) is 0 Å². The minimum atomic E-state index is -0.272. The lowest BCUT2D eigenvalue weighted by molar-refractivity contribution is 0.0650. The first kappa shape index (κ1) is 14.3. The van der Waals surface area contributed by atoms with Gasteiger partial charge in [-0.1, -0.05) is 0 Å². The highest BCUT2D eigenvalue weighted by atomic mass is 16.5. The van der Waals surface area contributed by atoms with E-state index in [9.17, 15) is 4.79 Å². The molecule has 1 aromatic rings. The molecule has 18 heavy (non-hydrogen) atoms. The number of anilines is 1. The molecular formula is C11H18N4O3. The molecule has 1 heterocycles. The van der Waals surface area contributed by atoms with Gasteiger partial charge in [0.15, 0.2) is 0 Å². The zero-order valence-corrected chi connectivity index (χ0v) is 10.6. The fraction of sp³-hybridized carbons (Fsp3) is 0.545. The number of rotatable bonds is 7. The topological polar surface area (TPSA) is 87.6 Å². The molecule has 1 aromatic heterocycles. The Bertz CT molecular complexity index is 386. The first-order valence-electron chi connectivity index (χ1n) is 5.61. The third-order valence-electron chi connectivity index (χ3n) is 2.33. The van der Waals surface area contributed by atoms with Crippen molar-refractivity contribution >= 4 is 11.7 Å². The predicted octanol–water partition coefficient (Wildman–Crippen LogP) is -0.401. The number of nitrogens with one attached hydrogen (secondary N) is 1. The fourth-order valence-electron chi connectivity index (χ4n) is 1.39. The van der Waals surface area contributed by atoms with Gasteiger partial charge in [-0.05, 0) is 0 Å². The van der Waals surface area contributed by atoms with Crippen LogP contribution < -0.4 is 5.32 Å². The number of carbonyl (C=O) groups is 1. The van der Waals surface area contributed by atoms with Gasteiger partial charge in [0.1, 0.15) is 11.5 Å². The van der Waals surface area contributed by atoms with E-state index in [1.54, 1.807) is 14.2 Å². The van der Waals surface area contributed by atoms with Crippen LogP contribution in [0.15, 0.2) is 12.4 Å². The van der Waals surface area contributed by atoms with Gasteiger partial charge in [0.2, 0.25) is 0 Å². The van der Waals surface area contributed by atoms with Crippen molar-refractivity contribution in [2.24, 2.45) is 0 Å². The van der Waals surface area contributed by atoms with Crippen LogP contribution in [0.5, 0.6) is 0 Å². The summed E-state index contributed by atoms with van der Waals surface area (Å²) in [5.41, 5.74) is 0.242. The van der Waals surface area contributed by atoms with Crippen molar-refractivity contribution in [3.8, 4) is 0 Å². The van der Waals surface area contributed by atoms with E-state index in [4.69, 9.17) is 9.84 Å². The van der Waals surface area contributed by atoms with Gasteiger partial charge in [0.25, 0.3) is 5.91 Å². The zero-order valence-electron chi connectivity index (χ0n) is 10.6. The zero-order chi connectivity index (χ0) is 13.4. The largest absolute Gasteiger partial charge is 0.395 e. The molecule has 0 aliphatic carbocycles. The molecule has 2 N–H and O–H groups in total. The molecule has 0 bridgehead atoms. The molecule has 0 spiro atoms. The van der Waals surface area contributed by atoms with Gasteiger partial charge in [-0.25, -0.2) is 4.98 Å². The maximum Gasteiger partial charge on any atom is 0.274 e. The van der Waals surface area contributed by atoms with Gasteiger partial charge >= 0.3 is 0 Å². The van der Waals surface area contributed by atoms with Crippen molar-refractivity contribution in [2.75, 3.05) is 45.8 Å². The Morgan fingerprint density at radius 2 is 2.28 bits per heavy atom. The summed E-state index contributed by atoms with van der Waals surface area (Å²) in [5.74, 6) is 0.252. The first-order valence-corrected chi connectivity index (χ1v) is 5.61. The van der Waals surface area contributed by atoms with E-state index in [1.165, 1.54) is 17.3 Å². The van der Waals surface area contributed by atoms with Gasteiger partial charge in [-0.15, -0.1) is 0 Å². The highest BCUT2D eigenvalue weighted by Crippen LogP contribution is 2.04. The van der Waals surface area contributed by atoms with E-state index in [1.807, 2.05) is 0 Å². The molecule has 0 saturated heterocycles. The molecule has 7 heteroatoms. The highest BCUT2D eigenvalue weighted by molar-refractivity contribution is 5.92. The van der Waals surface area contributed by atoms with Crippen LogP contribution in [0, 0.1) is 0 Å². The van der Waals surface area contributed by atoms with E-state index in [2.05, 4.69) is 15.3 Å². The monoisotopic (exact) mass is 254 g/mol. The van der Waals surface area contributed by atoms with Crippen LogP contribution in [0.1, 0.15) is 10.5 Å². The number of ether oxygens (including phenoxy) is 1. The van der Waals surface area contributed by atoms with Gasteiger partial charge in [-0.2, -0.15) is 0 Å². The summed E-state index contributed by atoms with van der Waals surface area (Å²) in [6.45, 7) is 0.953. The van der Waals surface area contributed by atoms with E-state index in [0.717, 1.165) is 0 Å². The Balaban J connectivity index is 2.79. The Labute approximate surface area is 106 Å². The lowest BCUT2D eigenvalue weighted by atomic mass is 10.3. The van der Waals surface area contributed by atoms with Crippen molar-refractivity contribution in [1.29, 1.82) is 0 Å². The number of methoxy groups -OCH3 is 1. The van der Waals surface area contributed by atoms with E-state index >= 15 is 0 Å². The average molecular weight is 254 g/mol. The summed E-state index contributed by atoms with van der Waals surface area (Å²) in [5, 5.41) is 11.8. The molecule has 0 aliphatic rings. The predicted molar refractivity (Wildman–Crippen MR) is 66.4 cm³/mol. The third-order valence-corrected chi connectivity index (χ3v) is 2.33. The molecular weight excluding hydrogens is 236 g/mol. The standard InChI is InChI=1S/C11H18N4O3/c1-12-10-8-13-7-9(14-10)11(17)15(3-5-16)4-6-18-2/h7-8,16H,3-6H2,1-2H3,(H,12,14). The maximum atomic E-state index is 12.1. The fourth-order valence-corrected chi connectivity index (χ4v) is 1.39. The normalized spacial score (nSPS) is 10.2. The molecule has 0 atom stereocenters. The molecule has 1 rings (SSSR count). The Morgan fingerprint density at radius 3 is 2.89 bits per heavy atom. The number of aromatic nitrogens is 2. The molecule has 0 fully saturated rings. The molecule has 0 unspecified atom stereocenters. The Kier molecular flexibility index (Phi) is 6.03. The highest BCUT2D eigenvalue weighted by Gasteiger charge is 2.17. The van der Waals surface area contributed by atoms with Crippen molar-refractivity contribution in [1.82, 2.24) is 14.9 Å². The molecule has 0 radical (unpaired) electrons.